The van der Waals surface area contributed by atoms with E-state index in [1.54, 1.807) is 31.2 Å². The molecule has 1 N–H and O–H groups in total. The van der Waals surface area contributed by atoms with E-state index in [0.717, 1.165) is 36.1 Å². The Labute approximate surface area is 202 Å². The number of methoxy groups -OCH3 is 1. The first-order valence-electron chi connectivity index (χ1n) is 11.0. The first-order valence-corrected chi connectivity index (χ1v) is 12.2. The van der Waals surface area contributed by atoms with Crippen LogP contribution in [0.5, 0.6) is 11.5 Å². The van der Waals surface area contributed by atoms with Crippen LogP contribution in [0, 0.1) is 5.92 Å². The van der Waals surface area contributed by atoms with E-state index in [2.05, 4.69) is 12.2 Å². The number of anilines is 1. The Morgan fingerprint density at radius 3 is 2.85 bits per heavy atom. The third-order valence-corrected chi connectivity index (χ3v) is 7.31. The first kappa shape index (κ1) is 23.4. The molecule has 1 atom stereocenters. The molecule has 1 aromatic carbocycles. The fraction of sp³-hybridized carbons (Fsp3) is 0.360. The number of esters is 1. The number of ether oxygens (including phenoxy) is 3. The molecule has 1 amide bonds. The zero-order valence-electron chi connectivity index (χ0n) is 18.8. The van der Waals surface area contributed by atoms with Crippen LogP contribution >= 0.6 is 22.9 Å². The van der Waals surface area contributed by atoms with Gasteiger partial charge in [-0.3, -0.25) is 4.79 Å². The maximum Gasteiger partial charge on any atom is 0.341 e. The summed E-state index contributed by atoms with van der Waals surface area (Å²) in [6, 6.07) is 3.36. The highest BCUT2D eigenvalue weighted by molar-refractivity contribution is 7.17. The summed E-state index contributed by atoms with van der Waals surface area (Å²) in [6.07, 6.45) is 8.56. The number of rotatable bonds is 6. The molecule has 2 aromatic rings. The van der Waals surface area contributed by atoms with E-state index in [4.69, 9.17) is 25.8 Å². The smallest absolute Gasteiger partial charge is 0.341 e. The van der Waals surface area contributed by atoms with E-state index in [1.807, 2.05) is 0 Å². The second-order valence-corrected chi connectivity index (χ2v) is 9.49. The summed E-state index contributed by atoms with van der Waals surface area (Å²) < 4.78 is 16.3. The maximum absolute atomic E-state index is 13.2. The summed E-state index contributed by atoms with van der Waals surface area (Å²) in [4.78, 5) is 27.2. The van der Waals surface area contributed by atoms with Gasteiger partial charge in [-0.1, -0.05) is 24.9 Å². The molecule has 0 saturated carbocycles. The number of carbonyl (C=O) groups is 2. The second kappa shape index (κ2) is 10.0. The van der Waals surface area contributed by atoms with Gasteiger partial charge in [-0.25, -0.2) is 4.79 Å². The van der Waals surface area contributed by atoms with Crippen molar-refractivity contribution in [2.45, 2.75) is 39.5 Å². The quantitative estimate of drug-likeness (QED) is 0.503. The van der Waals surface area contributed by atoms with Gasteiger partial charge in [0.15, 0.2) is 11.5 Å². The summed E-state index contributed by atoms with van der Waals surface area (Å²) >= 11 is 7.67. The standard InChI is InChI=1S/C25H26ClNO5S/c1-4-14-6-7-18-20(10-14)33-24(21(18)25(29)31-5-2)27-23(28)15-8-9-32-22-16(11-15)12-17(26)13-19(22)30-3/h8-9,11-14H,4-7,10H2,1-3H3,(H,27,28). The van der Waals surface area contributed by atoms with Crippen LogP contribution in [0.15, 0.2) is 30.0 Å². The molecule has 1 unspecified atom stereocenters. The van der Waals surface area contributed by atoms with Crippen LogP contribution < -0.4 is 14.8 Å². The number of benzene rings is 1. The third kappa shape index (κ3) is 4.80. The molecule has 0 radical (unpaired) electrons. The van der Waals surface area contributed by atoms with Gasteiger partial charge in [-0.2, -0.15) is 0 Å². The van der Waals surface area contributed by atoms with E-state index in [1.165, 1.54) is 24.7 Å². The normalized spacial score (nSPS) is 16.6. The minimum atomic E-state index is -0.393. The number of nitrogens with one attached hydrogen (secondary N) is 1. The molecule has 8 heteroatoms. The number of hydrogen-bond acceptors (Lipinski definition) is 6. The average Bonchev–Trinajstić information content (AvgIpc) is 3.00. The van der Waals surface area contributed by atoms with Crippen molar-refractivity contribution in [2.75, 3.05) is 19.0 Å². The Balaban J connectivity index is 1.68. The van der Waals surface area contributed by atoms with Gasteiger partial charge in [0.25, 0.3) is 5.91 Å². The number of hydrogen-bond donors (Lipinski definition) is 1. The van der Waals surface area contributed by atoms with Gasteiger partial charge in [0.05, 0.1) is 25.5 Å². The minimum Gasteiger partial charge on any atom is -0.493 e. The zero-order valence-corrected chi connectivity index (χ0v) is 20.4. The second-order valence-electron chi connectivity index (χ2n) is 7.95. The topological polar surface area (TPSA) is 73.9 Å². The molecule has 174 valence electrons. The monoisotopic (exact) mass is 487 g/mol. The zero-order chi connectivity index (χ0) is 23.5. The van der Waals surface area contributed by atoms with Crippen LogP contribution in [0.2, 0.25) is 5.02 Å². The number of thiophene rings is 1. The van der Waals surface area contributed by atoms with E-state index >= 15 is 0 Å². The Hall–Kier alpha value is -2.77. The summed E-state index contributed by atoms with van der Waals surface area (Å²) in [5.74, 6) is 0.802. The van der Waals surface area contributed by atoms with Crippen molar-refractivity contribution in [3.05, 3.63) is 56.6 Å². The van der Waals surface area contributed by atoms with Crippen LogP contribution in [0.3, 0.4) is 0 Å². The lowest BCUT2D eigenvalue weighted by molar-refractivity contribution is -0.112. The summed E-state index contributed by atoms with van der Waals surface area (Å²) in [5.41, 5.74) is 2.48. The van der Waals surface area contributed by atoms with Gasteiger partial charge in [0.2, 0.25) is 0 Å². The SMILES string of the molecule is CCOC(=O)c1c(NC(=O)C2=Cc3cc(Cl)cc(OC)c3OC=C2)sc2c1CCC(CC)C2. The predicted octanol–water partition coefficient (Wildman–Crippen LogP) is 6.03. The molecule has 0 bridgehead atoms. The Morgan fingerprint density at radius 1 is 1.30 bits per heavy atom. The Morgan fingerprint density at radius 2 is 2.12 bits per heavy atom. The number of carbonyl (C=O) groups excluding carboxylic acids is 2. The minimum absolute atomic E-state index is 0.277. The van der Waals surface area contributed by atoms with Crippen molar-refractivity contribution in [1.82, 2.24) is 0 Å². The van der Waals surface area contributed by atoms with Crippen LogP contribution in [0.4, 0.5) is 5.00 Å². The van der Waals surface area contributed by atoms with Crippen LogP contribution in [-0.4, -0.2) is 25.6 Å². The number of fused-ring (bicyclic) bond motifs is 2. The van der Waals surface area contributed by atoms with E-state index in [9.17, 15) is 9.59 Å². The highest BCUT2D eigenvalue weighted by Gasteiger charge is 2.30. The van der Waals surface area contributed by atoms with Gasteiger partial charge in [-0.05, 0) is 55.9 Å². The molecule has 2 aliphatic rings. The number of amides is 1. The fourth-order valence-corrected chi connectivity index (χ4v) is 5.75. The van der Waals surface area contributed by atoms with Gasteiger partial charge < -0.3 is 19.5 Å². The van der Waals surface area contributed by atoms with Crippen LogP contribution in [0.1, 0.15) is 53.1 Å². The molecule has 0 saturated heterocycles. The Kier molecular flexibility index (Phi) is 7.10. The lowest BCUT2D eigenvalue weighted by Gasteiger charge is -2.20. The van der Waals surface area contributed by atoms with E-state index < -0.39 is 5.97 Å². The van der Waals surface area contributed by atoms with Crippen molar-refractivity contribution < 1.29 is 23.8 Å². The Bertz CT molecular complexity index is 1150. The van der Waals surface area contributed by atoms with Crippen molar-refractivity contribution in [3.8, 4) is 11.5 Å². The molecule has 1 aromatic heterocycles. The van der Waals surface area contributed by atoms with Crippen molar-refractivity contribution in [1.29, 1.82) is 0 Å². The molecule has 1 aliphatic heterocycles. The highest BCUT2D eigenvalue weighted by Crippen LogP contribution is 2.42. The lowest BCUT2D eigenvalue weighted by Crippen LogP contribution is -2.17. The van der Waals surface area contributed by atoms with Crippen molar-refractivity contribution in [3.63, 3.8) is 0 Å². The fourth-order valence-electron chi connectivity index (χ4n) is 4.19. The molecular weight excluding hydrogens is 462 g/mol. The molecule has 0 fully saturated rings. The van der Waals surface area contributed by atoms with Gasteiger partial charge in [0.1, 0.15) is 5.00 Å². The lowest BCUT2D eigenvalue weighted by atomic mass is 9.85. The molecular formula is C25H26ClNO5S. The molecule has 4 rings (SSSR count). The summed E-state index contributed by atoms with van der Waals surface area (Å²) in [7, 11) is 1.53. The van der Waals surface area contributed by atoms with Crippen molar-refractivity contribution in [2.24, 2.45) is 5.92 Å². The van der Waals surface area contributed by atoms with Crippen LogP contribution in [-0.2, 0) is 22.4 Å². The van der Waals surface area contributed by atoms with Gasteiger partial charge >= 0.3 is 5.97 Å². The van der Waals surface area contributed by atoms with Gasteiger partial charge in [-0.15, -0.1) is 11.3 Å². The molecule has 1 aliphatic carbocycles. The van der Waals surface area contributed by atoms with Crippen molar-refractivity contribution >= 4 is 45.9 Å². The predicted molar refractivity (Wildman–Crippen MR) is 130 cm³/mol. The van der Waals surface area contributed by atoms with E-state index in [0.29, 0.717) is 44.1 Å². The molecule has 2 heterocycles. The molecule has 6 nitrogen and oxygen atoms in total. The summed E-state index contributed by atoms with van der Waals surface area (Å²) in [5, 5.41) is 3.95. The first-order chi connectivity index (χ1) is 15.9. The average molecular weight is 488 g/mol. The van der Waals surface area contributed by atoms with Gasteiger partial charge in [0, 0.05) is 27.1 Å². The molecule has 33 heavy (non-hydrogen) atoms. The summed E-state index contributed by atoms with van der Waals surface area (Å²) in [6.45, 7) is 4.24. The van der Waals surface area contributed by atoms with E-state index in [-0.39, 0.29) is 12.5 Å². The number of halogens is 1. The maximum atomic E-state index is 13.2. The third-order valence-electron chi connectivity index (χ3n) is 5.93. The largest absolute Gasteiger partial charge is 0.493 e. The van der Waals surface area contributed by atoms with Crippen LogP contribution in [0.25, 0.3) is 6.08 Å². The highest BCUT2D eigenvalue weighted by atomic mass is 35.5. The molecule has 0 spiro atoms.